The molecule has 3 aromatic rings. The van der Waals surface area contributed by atoms with Crippen LogP contribution in [0.3, 0.4) is 0 Å². The summed E-state index contributed by atoms with van der Waals surface area (Å²) in [6.45, 7) is 8.98. The van der Waals surface area contributed by atoms with Gasteiger partial charge in [0.2, 0.25) is 0 Å². The van der Waals surface area contributed by atoms with Crippen LogP contribution in [0, 0.1) is 24.1 Å². The average Bonchev–Trinajstić information content (AvgIpc) is 3.21. The first kappa shape index (κ1) is 22.4. The fourth-order valence-electron chi connectivity index (χ4n) is 4.23. The first-order valence-corrected chi connectivity index (χ1v) is 10.9. The molecule has 1 N–H and O–H groups in total. The lowest BCUT2D eigenvalue weighted by atomic mass is 10.0. The molecule has 1 fully saturated rings. The molecule has 33 heavy (non-hydrogen) atoms. The van der Waals surface area contributed by atoms with Crippen molar-refractivity contribution in [2.24, 2.45) is 0 Å². The summed E-state index contributed by atoms with van der Waals surface area (Å²) in [5.74, 6) is -0.406. The lowest BCUT2D eigenvalue weighted by molar-refractivity contribution is 0.0499. The fourth-order valence-corrected chi connectivity index (χ4v) is 4.23. The lowest BCUT2D eigenvalue weighted by Gasteiger charge is -2.39. The number of aromatic nitrogens is 3. The zero-order valence-electron chi connectivity index (χ0n) is 18.8. The number of halogens is 1. The molecule has 9 heteroatoms. The number of rotatable bonds is 4. The van der Waals surface area contributed by atoms with E-state index in [0.717, 1.165) is 19.6 Å². The van der Waals surface area contributed by atoms with Crippen molar-refractivity contribution in [2.75, 3.05) is 26.2 Å². The van der Waals surface area contributed by atoms with Gasteiger partial charge < -0.3 is 4.90 Å². The smallest absolute Gasteiger partial charge is 0.280 e. The summed E-state index contributed by atoms with van der Waals surface area (Å²) in [6.07, 6.45) is 2.95. The van der Waals surface area contributed by atoms with E-state index >= 15 is 0 Å². The van der Waals surface area contributed by atoms with Crippen LogP contribution in [0.4, 0.5) is 4.39 Å². The summed E-state index contributed by atoms with van der Waals surface area (Å²) in [5.41, 5.74) is 0.875. The van der Waals surface area contributed by atoms with E-state index < -0.39 is 11.4 Å². The second-order valence-electron chi connectivity index (χ2n) is 8.19. The third-order valence-electron chi connectivity index (χ3n) is 6.21. The molecule has 1 saturated heterocycles. The molecule has 2 aromatic heterocycles. The van der Waals surface area contributed by atoms with E-state index in [2.05, 4.69) is 21.9 Å². The van der Waals surface area contributed by atoms with Gasteiger partial charge in [-0.25, -0.2) is 14.1 Å². The quantitative estimate of drug-likeness (QED) is 0.662. The van der Waals surface area contributed by atoms with Crippen molar-refractivity contribution in [2.45, 2.75) is 26.8 Å². The molecule has 1 aliphatic heterocycles. The van der Waals surface area contributed by atoms with Gasteiger partial charge in [0.25, 0.3) is 11.5 Å². The number of hydrogen-bond acceptors (Lipinski definition) is 5. The van der Waals surface area contributed by atoms with Crippen molar-refractivity contribution in [1.82, 2.24) is 24.6 Å². The van der Waals surface area contributed by atoms with Gasteiger partial charge in [-0.15, -0.1) is 0 Å². The Kier molecular flexibility index (Phi) is 6.11. The number of likely N-dealkylation sites (N-methyl/N-ethyl adjacent to an activating group) is 1. The van der Waals surface area contributed by atoms with Gasteiger partial charge in [-0.1, -0.05) is 13.0 Å². The van der Waals surface area contributed by atoms with Crippen molar-refractivity contribution in [1.29, 1.82) is 5.26 Å². The van der Waals surface area contributed by atoms with Crippen LogP contribution in [0.2, 0.25) is 0 Å². The molecular formula is C24H25FN6O2. The van der Waals surface area contributed by atoms with E-state index in [1.165, 1.54) is 30.1 Å². The maximum absolute atomic E-state index is 14.4. The van der Waals surface area contributed by atoms with Crippen molar-refractivity contribution in [3.8, 4) is 23.0 Å². The molecule has 0 saturated carbocycles. The van der Waals surface area contributed by atoms with Crippen LogP contribution >= 0.6 is 0 Å². The first-order chi connectivity index (χ1) is 15.8. The van der Waals surface area contributed by atoms with E-state index in [1.54, 1.807) is 24.3 Å². The molecule has 170 valence electrons. The highest BCUT2D eigenvalue weighted by Gasteiger charge is 2.27. The average molecular weight is 449 g/mol. The number of hydrogen-bond donors (Lipinski definition) is 1. The minimum atomic E-state index is -0.642. The molecule has 0 spiro atoms. The van der Waals surface area contributed by atoms with Crippen molar-refractivity contribution >= 4 is 5.91 Å². The number of carbonyl (C=O) groups is 1. The van der Waals surface area contributed by atoms with Gasteiger partial charge in [0.15, 0.2) is 5.82 Å². The summed E-state index contributed by atoms with van der Waals surface area (Å²) < 4.78 is 15.6. The Morgan fingerprint density at radius 1 is 1.27 bits per heavy atom. The molecule has 1 atom stereocenters. The number of carbonyl (C=O) groups excluding carboxylic acids is 1. The van der Waals surface area contributed by atoms with Crippen LogP contribution in [0.5, 0.6) is 0 Å². The van der Waals surface area contributed by atoms with Crippen LogP contribution in [-0.2, 0) is 0 Å². The van der Waals surface area contributed by atoms with Crippen molar-refractivity contribution in [3.63, 3.8) is 0 Å². The van der Waals surface area contributed by atoms with E-state index in [1.807, 2.05) is 11.8 Å². The lowest BCUT2D eigenvalue weighted by Crippen LogP contribution is -2.53. The fraction of sp³-hybridized carbons (Fsp3) is 0.333. The maximum atomic E-state index is 14.4. The molecule has 0 unspecified atom stereocenters. The summed E-state index contributed by atoms with van der Waals surface area (Å²) >= 11 is 0. The molecule has 8 nitrogen and oxygen atoms in total. The summed E-state index contributed by atoms with van der Waals surface area (Å²) in [4.78, 5) is 34.4. The number of pyridine rings is 1. The van der Waals surface area contributed by atoms with E-state index in [-0.39, 0.29) is 28.6 Å². The molecular weight excluding hydrogens is 423 g/mol. The van der Waals surface area contributed by atoms with Gasteiger partial charge in [-0.05, 0) is 49.7 Å². The Morgan fingerprint density at radius 3 is 2.70 bits per heavy atom. The monoisotopic (exact) mass is 448 g/mol. The molecule has 3 heterocycles. The molecule has 0 bridgehead atoms. The number of aromatic amines is 1. The molecule has 0 aliphatic carbocycles. The number of nitrogens with one attached hydrogen (secondary N) is 1. The number of piperazine rings is 1. The topological polar surface area (TPSA) is 98.0 Å². The zero-order chi connectivity index (χ0) is 23.7. The highest BCUT2D eigenvalue weighted by atomic mass is 19.1. The van der Waals surface area contributed by atoms with Gasteiger partial charge in [0, 0.05) is 38.1 Å². The molecule has 4 rings (SSSR count). The second kappa shape index (κ2) is 9.00. The normalized spacial score (nSPS) is 16.6. The maximum Gasteiger partial charge on any atom is 0.280 e. The van der Waals surface area contributed by atoms with Crippen LogP contribution in [0.15, 0.2) is 41.5 Å². The molecule has 1 aliphatic rings. The third-order valence-corrected chi connectivity index (χ3v) is 6.21. The molecule has 0 radical (unpaired) electrons. The molecule has 1 aromatic carbocycles. The Balaban J connectivity index is 1.58. The second-order valence-corrected chi connectivity index (χ2v) is 8.19. The highest BCUT2D eigenvalue weighted by Crippen LogP contribution is 2.25. The van der Waals surface area contributed by atoms with E-state index in [9.17, 15) is 14.0 Å². The highest BCUT2D eigenvalue weighted by molar-refractivity contribution is 5.94. The predicted octanol–water partition coefficient (Wildman–Crippen LogP) is 2.71. The standard InChI is InChI=1S/C24H25FN6O2/c1-4-29-9-10-30(15(2)14-29)23(32)18-6-8-21(27-12-18)31-24(33)20(13-28-31)19-7-5-17(11-26)22(25)16(19)3/h5-8,12-13,15,28H,4,9-10,14H2,1-3H3/t15-/m1/s1. The van der Waals surface area contributed by atoms with Gasteiger partial charge in [-0.3, -0.25) is 19.6 Å². The number of nitrogens with zero attached hydrogens (tertiary/aromatic N) is 5. The van der Waals surface area contributed by atoms with Crippen molar-refractivity contribution in [3.05, 3.63) is 69.5 Å². The largest absolute Gasteiger partial charge is 0.333 e. The SMILES string of the molecule is CCN1CCN(C(=O)c2ccc(-n3[nH]cc(-c4ccc(C#N)c(F)c4C)c3=O)nc2)[C@H](C)C1. The minimum Gasteiger partial charge on any atom is -0.333 e. The van der Waals surface area contributed by atoms with E-state index in [0.29, 0.717) is 23.5 Å². The number of H-pyrrole nitrogens is 1. The minimum absolute atomic E-state index is 0.0699. The number of nitriles is 1. The summed E-state index contributed by atoms with van der Waals surface area (Å²) in [6, 6.07) is 8.08. The summed E-state index contributed by atoms with van der Waals surface area (Å²) in [7, 11) is 0. The van der Waals surface area contributed by atoms with Crippen molar-refractivity contribution < 1.29 is 9.18 Å². The van der Waals surface area contributed by atoms with E-state index in [4.69, 9.17) is 5.26 Å². The summed E-state index contributed by atoms with van der Waals surface area (Å²) in [5, 5.41) is 11.8. The van der Waals surface area contributed by atoms with Crippen LogP contribution in [0.25, 0.3) is 16.9 Å². The van der Waals surface area contributed by atoms with Gasteiger partial charge >= 0.3 is 0 Å². The van der Waals surface area contributed by atoms with Gasteiger partial charge in [0.05, 0.1) is 16.7 Å². The number of amides is 1. The number of benzene rings is 1. The Morgan fingerprint density at radius 2 is 2.06 bits per heavy atom. The Bertz CT molecular complexity index is 1290. The first-order valence-electron chi connectivity index (χ1n) is 10.9. The van der Waals surface area contributed by atoms with Crippen LogP contribution < -0.4 is 5.56 Å². The third kappa shape index (κ3) is 4.05. The Labute approximate surface area is 190 Å². The van der Waals surface area contributed by atoms with Gasteiger partial charge in [0.1, 0.15) is 11.9 Å². The van der Waals surface area contributed by atoms with Crippen LogP contribution in [0.1, 0.15) is 35.3 Å². The Hall–Kier alpha value is -3.77. The zero-order valence-corrected chi connectivity index (χ0v) is 18.8. The van der Waals surface area contributed by atoms with Gasteiger partial charge in [-0.2, -0.15) is 5.26 Å². The predicted molar refractivity (Wildman–Crippen MR) is 122 cm³/mol. The molecule has 1 amide bonds. The van der Waals surface area contributed by atoms with Crippen LogP contribution in [-0.4, -0.2) is 62.7 Å².